The number of primary amides is 1. The normalized spacial score (nSPS) is 15.4. The summed E-state index contributed by atoms with van der Waals surface area (Å²) >= 11 is 1.71. The third-order valence-electron chi connectivity index (χ3n) is 4.59. The number of thiazole rings is 1. The van der Waals surface area contributed by atoms with Crippen LogP contribution < -0.4 is 10.6 Å². The smallest absolute Gasteiger partial charge is 0.407 e. The lowest BCUT2D eigenvalue weighted by Crippen LogP contribution is -2.40. The lowest BCUT2D eigenvalue weighted by atomic mass is 9.93. The molecule has 2 aromatic rings. The number of hydrogen-bond donors (Lipinski definition) is 2. The molecule has 2 amide bonds. The van der Waals surface area contributed by atoms with E-state index in [-0.39, 0.29) is 6.54 Å². The standard InChI is InChI=1S/C17H22N4O3S/c18-15(22)11-21(17(23)24)10-7-12-5-8-20(9-6-12)16-19-13-3-1-2-4-14(13)25-16/h1-4,12H,5-11H2,(H2,18,22)(H,23,24). The van der Waals surface area contributed by atoms with Gasteiger partial charge in [-0.2, -0.15) is 0 Å². The van der Waals surface area contributed by atoms with E-state index >= 15 is 0 Å². The number of piperidine rings is 1. The van der Waals surface area contributed by atoms with E-state index in [1.165, 1.54) is 4.70 Å². The van der Waals surface area contributed by atoms with Crippen molar-refractivity contribution in [2.24, 2.45) is 11.7 Å². The van der Waals surface area contributed by atoms with E-state index in [2.05, 4.69) is 11.0 Å². The van der Waals surface area contributed by atoms with Crippen molar-refractivity contribution in [2.45, 2.75) is 19.3 Å². The van der Waals surface area contributed by atoms with Crippen molar-refractivity contribution in [3.63, 3.8) is 0 Å². The van der Waals surface area contributed by atoms with Crippen molar-refractivity contribution >= 4 is 38.7 Å². The fourth-order valence-corrected chi connectivity index (χ4v) is 4.19. The Morgan fingerprint density at radius 2 is 2.04 bits per heavy atom. The molecule has 25 heavy (non-hydrogen) atoms. The van der Waals surface area contributed by atoms with Crippen LogP contribution in [0.2, 0.25) is 0 Å². The van der Waals surface area contributed by atoms with Crippen LogP contribution in [0.25, 0.3) is 10.2 Å². The van der Waals surface area contributed by atoms with Crippen LogP contribution in [0.1, 0.15) is 19.3 Å². The molecule has 0 aliphatic carbocycles. The van der Waals surface area contributed by atoms with Crippen molar-refractivity contribution in [1.29, 1.82) is 0 Å². The Labute approximate surface area is 150 Å². The highest BCUT2D eigenvalue weighted by Crippen LogP contribution is 2.32. The van der Waals surface area contributed by atoms with Gasteiger partial charge in [0, 0.05) is 19.6 Å². The lowest BCUT2D eigenvalue weighted by molar-refractivity contribution is -0.118. The first-order valence-corrected chi connectivity index (χ1v) is 9.21. The van der Waals surface area contributed by atoms with Gasteiger partial charge in [-0.3, -0.25) is 9.69 Å². The average molecular weight is 362 g/mol. The van der Waals surface area contributed by atoms with Crippen molar-refractivity contribution in [3.05, 3.63) is 24.3 Å². The molecule has 1 aromatic heterocycles. The van der Waals surface area contributed by atoms with Crippen LogP contribution in [0.5, 0.6) is 0 Å². The molecule has 1 aromatic carbocycles. The van der Waals surface area contributed by atoms with Crippen molar-refractivity contribution in [2.75, 3.05) is 31.1 Å². The second-order valence-corrected chi connectivity index (χ2v) is 7.36. The second-order valence-electron chi connectivity index (χ2n) is 6.35. The Bertz CT molecular complexity index is 722. The van der Waals surface area contributed by atoms with Gasteiger partial charge < -0.3 is 15.7 Å². The Balaban J connectivity index is 1.51. The molecule has 3 rings (SSSR count). The molecule has 7 nitrogen and oxygen atoms in total. The number of carboxylic acid groups (broad SMARTS) is 1. The van der Waals surface area contributed by atoms with Crippen LogP contribution in [0.15, 0.2) is 24.3 Å². The summed E-state index contributed by atoms with van der Waals surface area (Å²) in [6.45, 7) is 1.96. The largest absolute Gasteiger partial charge is 0.465 e. The first-order valence-electron chi connectivity index (χ1n) is 8.39. The number of rotatable bonds is 6. The van der Waals surface area contributed by atoms with Gasteiger partial charge in [-0.25, -0.2) is 9.78 Å². The summed E-state index contributed by atoms with van der Waals surface area (Å²) in [5.41, 5.74) is 6.13. The van der Waals surface area contributed by atoms with E-state index < -0.39 is 12.0 Å². The van der Waals surface area contributed by atoms with E-state index in [0.29, 0.717) is 12.5 Å². The summed E-state index contributed by atoms with van der Waals surface area (Å²) in [6, 6.07) is 8.14. The fraction of sp³-hybridized carbons (Fsp3) is 0.471. The molecule has 0 spiro atoms. The summed E-state index contributed by atoms with van der Waals surface area (Å²) in [5.74, 6) is -0.159. The minimum atomic E-state index is -1.09. The Morgan fingerprint density at radius 3 is 2.68 bits per heavy atom. The Hall–Kier alpha value is -2.35. The number of para-hydroxylation sites is 1. The number of aromatic nitrogens is 1. The Kier molecular flexibility index (Phi) is 5.37. The molecule has 0 unspecified atom stereocenters. The lowest BCUT2D eigenvalue weighted by Gasteiger charge is -2.32. The van der Waals surface area contributed by atoms with Crippen LogP contribution in [-0.4, -0.2) is 53.2 Å². The molecule has 2 heterocycles. The first-order chi connectivity index (χ1) is 12.0. The summed E-state index contributed by atoms with van der Waals surface area (Å²) in [7, 11) is 0. The molecule has 0 atom stereocenters. The van der Waals surface area contributed by atoms with Crippen LogP contribution in [0.3, 0.4) is 0 Å². The van der Waals surface area contributed by atoms with Gasteiger partial charge in [-0.05, 0) is 37.3 Å². The Morgan fingerprint density at radius 1 is 1.32 bits per heavy atom. The molecule has 0 bridgehead atoms. The highest BCUT2D eigenvalue weighted by molar-refractivity contribution is 7.22. The highest BCUT2D eigenvalue weighted by atomic mass is 32.1. The third-order valence-corrected chi connectivity index (χ3v) is 5.69. The molecular formula is C17H22N4O3S. The maximum atomic E-state index is 11.1. The number of anilines is 1. The van der Waals surface area contributed by atoms with Crippen molar-refractivity contribution < 1.29 is 14.7 Å². The maximum Gasteiger partial charge on any atom is 0.407 e. The molecule has 0 saturated carbocycles. The fourth-order valence-electron chi connectivity index (χ4n) is 3.18. The van der Waals surface area contributed by atoms with Gasteiger partial charge in [0.05, 0.1) is 10.2 Å². The van der Waals surface area contributed by atoms with Gasteiger partial charge in [-0.1, -0.05) is 23.5 Å². The molecule has 3 N–H and O–H groups in total. The summed E-state index contributed by atoms with van der Waals surface area (Å²) < 4.78 is 1.20. The molecule has 8 heteroatoms. The quantitative estimate of drug-likeness (QED) is 0.822. The minimum absolute atomic E-state index is 0.236. The summed E-state index contributed by atoms with van der Waals surface area (Å²) in [6.07, 6.45) is 1.67. The molecule has 134 valence electrons. The number of benzene rings is 1. The number of nitrogens with zero attached hydrogens (tertiary/aromatic N) is 3. The maximum absolute atomic E-state index is 11.1. The summed E-state index contributed by atoms with van der Waals surface area (Å²) in [5, 5.41) is 10.2. The van der Waals surface area contributed by atoms with Crippen LogP contribution in [-0.2, 0) is 4.79 Å². The minimum Gasteiger partial charge on any atom is -0.465 e. The van der Waals surface area contributed by atoms with Gasteiger partial charge >= 0.3 is 6.09 Å². The number of fused-ring (bicyclic) bond motifs is 1. The number of hydrogen-bond acceptors (Lipinski definition) is 5. The first kappa shape index (κ1) is 17.5. The monoisotopic (exact) mass is 362 g/mol. The zero-order chi connectivity index (χ0) is 17.8. The third kappa shape index (κ3) is 4.39. The molecule has 1 aliphatic heterocycles. The molecule has 0 radical (unpaired) electrons. The number of amides is 2. The highest BCUT2D eigenvalue weighted by Gasteiger charge is 2.23. The van der Waals surface area contributed by atoms with Crippen LogP contribution in [0.4, 0.5) is 9.93 Å². The second kappa shape index (κ2) is 7.69. The zero-order valence-corrected chi connectivity index (χ0v) is 14.7. The average Bonchev–Trinajstić information content (AvgIpc) is 3.02. The van der Waals surface area contributed by atoms with Crippen molar-refractivity contribution in [3.8, 4) is 0 Å². The van der Waals surface area contributed by atoms with E-state index in [1.54, 1.807) is 11.3 Å². The van der Waals surface area contributed by atoms with Crippen molar-refractivity contribution in [1.82, 2.24) is 9.88 Å². The van der Waals surface area contributed by atoms with Gasteiger partial charge in [0.25, 0.3) is 0 Å². The number of nitrogens with two attached hydrogens (primary N) is 1. The number of carbonyl (C=O) groups excluding carboxylic acids is 1. The SMILES string of the molecule is NC(=O)CN(CCC1CCN(c2nc3ccccc3s2)CC1)C(=O)O. The van der Waals surface area contributed by atoms with E-state index in [1.807, 2.05) is 18.2 Å². The molecular weight excluding hydrogens is 340 g/mol. The van der Waals surface area contributed by atoms with Gasteiger partial charge in [0.15, 0.2) is 5.13 Å². The van der Waals surface area contributed by atoms with Crippen LogP contribution in [0, 0.1) is 5.92 Å². The predicted molar refractivity (Wildman–Crippen MR) is 98.0 cm³/mol. The zero-order valence-electron chi connectivity index (χ0n) is 13.9. The van der Waals surface area contributed by atoms with E-state index in [0.717, 1.165) is 47.9 Å². The topological polar surface area (TPSA) is 99.8 Å². The molecule has 1 fully saturated rings. The molecule has 1 saturated heterocycles. The van der Waals surface area contributed by atoms with E-state index in [9.17, 15) is 9.59 Å². The van der Waals surface area contributed by atoms with Gasteiger partial charge in [0.1, 0.15) is 6.54 Å². The molecule has 1 aliphatic rings. The predicted octanol–water partition coefficient (Wildman–Crippen LogP) is 2.37. The van der Waals surface area contributed by atoms with Gasteiger partial charge in [0.2, 0.25) is 5.91 Å². The van der Waals surface area contributed by atoms with Crippen LogP contribution >= 0.6 is 11.3 Å². The number of carbonyl (C=O) groups is 2. The summed E-state index contributed by atoms with van der Waals surface area (Å²) in [4.78, 5) is 30.2. The van der Waals surface area contributed by atoms with E-state index in [4.69, 9.17) is 15.8 Å². The van der Waals surface area contributed by atoms with Gasteiger partial charge in [-0.15, -0.1) is 0 Å².